The number of fused-ring (bicyclic) bond motifs is 1. The van der Waals surface area contributed by atoms with Crippen molar-refractivity contribution < 1.29 is 9.47 Å². The van der Waals surface area contributed by atoms with E-state index in [-0.39, 0.29) is 0 Å². The minimum atomic E-state index is -0.627. The largest absolute Gasteiger partial charge is 0.493 e. The number of rotatable bonds is 4. The fourth-order valence-corrected chi connectivity index (χ4v) is 3.79. The van der Waals surface area contributed by atoms with Crippen LogP contribution in [0.15, 0.2) is 53.5 Å². The van der Waals surface area contributed by atoms with Crippen molar-refractivity contribution in [1.82, 2.24) is 15.5 Å². The van der Waals surface area contributed by atoms with Gasteiger partial charge in [-0.05, 0) is 26.1 Å². The lowest BCUT2D eigenvalue weighted by atomic mass is 9.88. The summed E-state index contributed by atoms with van der Waals surface area (Å²) in [7, 11) is 1.97. The molecule has 2 aliphatic rings. The van der Waals surface area contributed by atoms with Gasteiger partial charge >= 0.3 is 0 Å². The molecule has 4 rings (SSSR count). The summed E-state index contributed by atoms with van der Waals surface area (Å²) in [6, 6.07) is 16.4. The maximum absolute atomic E-state index is 5.96. The number of nitrogens with zero attached hydrogens (tertiary/aromatic N) is 2. The zero-order valence-electron chi connectivity index (χ0n) is 15.9. The Morgan fingerprint density at radius 2 is 1.81 bits per heavy atom. The summed E-state index contributed by atoms with van der Waals surface area (Å²) < 4.78 is 11.5. The van der Waals surface area contributed by atoms with Gasteiger partial charge in [0.2, 0.25) is 5.96 Å². The zero-order chi connectivity index (χ0) is 18.7. The Labute approximate surface area is 160 Å². The molecule has 2 aliphatic heterocycles. The van der Waals surface area contributed by atoms with Gasteiger partial charge in [-0.2, -0.15) is 0 Å². The smallest absolute Gasteiger partial charge is 0.201 e. The van der Waals surface area contributed by atoms with Crippen molar-refractivity contribution >= 4 is 11.6 Å². The van der Waals surface area contributed by atoms with Crippen LogP contribution in [-0.4, -0.2) is 50.8 Å². The predicted octanol–water partition coefficient (Wildman–Crippen LogP) is 2.43. The van der Waals surface area contributed by atoms with E-state index in [0.29, 0.717) is 19.8 Å². The molecular weight excluding hydrogens is 340 g/mol. The first-order chi connectivity index (χ1) is 13.3. The molecule has 0 saturated carbocycles. The van der Waals surface area contributed by atoms with Crippen LogP contribution in [0.2, 0.25) is 0 Å². The highest BCUT2D eigenvalue weighted by Crippen LogP contribution is 2.40. The zero-order valence-corrected chi connectivity index (χ0v) is 15.9. The number of nitrogens with one attached hydrogen (secondary N) is 2. The van der Waals surface area contributed by atoms with Crippen molar-refractivity contribution in [2.24, 2.45) is 4.99 Å². The van der Waals surface area contributed by atoms with Crippen LogP contribution < -0.4 is 15.4 Å². The molecule has 0 aliphatic carbocycles. The van der Waals surface area contributed by atoms with Gasteiger partial charge in [-0.15, -0.1) is 0 Å². The lowest BCUT2D eigenvalue weighted by molar-refractivity contribution is 0.0652. The average Bonchev–Trinajstić information content (AvgIpc) is 2.74. The first kappa shape index (κ1) is 17.8. The fraction of sp³-hybridized carbons (Fsp3) is 0.381. The molecule has 2 aromatic rings. The lowest BCUT2D eigenvalue weighted by Crippen LogP contribution is -2.61. The SMILES string of the molecule is CCOc1ccccc1C1(NC)NC(N2CCOCC2)=Nc2ccccc21. The van der Waals surface area contributed by atoms with Crippen LogP contribution in [0.25, 0.3) is 0 Å². The molecule has 0 aromatic heterocycles. The molecule has 2 N–H and O–H groups in total. The Morgan fingerprint density at radius 1 is 1.11 bits per heavy atom. The molecule has 2 aromatic carbocycles. The fourth-order valence-electron chi connectivity index (χ4n) is 3.79. The number of ether oxygens (including phenoxy) is 2. The van der Waals surface area contributed by atoms with Gasteiger partial charge in [0.15, 0.2) is 0 Å². The van der Waals surface area contributed by atoms with Gasteiger partial charge in [0.05, 0.1) is 25.5 Å². The summed E-state index contributed by atoms with van der Waals surface area (Å²) in [5.41, 5.74) is 2.45. The van der Waals surface area contributed by atoms with Crippen LogP contribution in [0, 0.1) is 0 Å². The summed E-state index contributed by atoms with van der Waals surface area (Å²) in [6.45, 7) is 5.69. The Balaban J connectivity index is 1.86. The highest BCUT2D eigenvalue weighted by molar-refractivity contribution is 5.87. The minimum Gasteiger partial charge on any atom is -0.493 e. The van der Waals surface area contributed by atoms with Crippen molar-refractivity contribution in [2.45, 2.75) is 12.6 Å². The molecule has 6 heteroatoms. The Hall–Kier alpha value is -2.57. The normalized spacial score (nSPS) is 21.9. The van der Waals surface area contributed by atoms with Gasteiger partial charge in [-0.1, -0.05) is 36.4 Å². The van der Waals surface area contributed by atoms with Gasteiger partial charge in [0, 0.05) is 24.2 Å². The van der Waals surface area contributed by atoms with Crippen LogP contribution >= 0.6 is 0 Å². The van der Waals surface area contributed by atoms with Crippen molar-refractivity contribution in [3.63, 3.8) is 0 Å². The van der Waals surface area contributed by atoms with Crippen LogP contribution in [-0.2, 0) is 10.4 Å². The third-order valence-corrected chi connectivity index (χ3v) is 5.11. The quantitative estimate of drug-likeness (QED) is 0.870. The lowest BCUT2D eigenvalue weighted by Gasteiger charge is -2.43. The number of hydrogen-bond donors (Lipinski definition) is 2. The second kappa shape index (κ2) is 7.58. The van der Waals surface area contributed by atoms with Crippen LogP contribution in [0.5, 0.6) is 5.75 Å². The van der Waals surface area contributed by atoms with Gasteiger partial charge in [-0.3, -0.25) is 5.32 Å². The van der Waals surface area contributed by atoms with Gasteiger partial charge < -0.3 is 19.7 Å². The van der Waals surface area contributed by atoms with E-state index in [2.05, 4.69) is 33.7 Å². The topological polar surface area (TPSA) is 58.1 Å². The summed E-state index contributed by atoms with van der Waals surface area (Å²) in [6.07, 6.45) is 0. The molecule has 27 heavy (non-hydrogen) atoms. The first-order valence-corrected chi connectivity index (χ1v) is 9.49. The van der Waals surface area contributed by atoms with Gasteiger partial charge in [0.25, 0.3) is 0 Å². The van der Waals surface area contributed by atoms with E-state index in [9.17, 15) is 0 Å². The number of para-hydroxylation sites is 2. The Morgan fingerprint density at radius 3 is 2.56 bits per heavy atom. The van der Waals surface area contributed by atoms with E-state index >= 15 is 0 Å². The summed E-state index contributed by atoms with van der Waals surface area (Å²) in [4.78, 5) is 7.15. The van der Waals surface area contributed by atoms with Crippen LogP contribution in [0.4, 0.5) is 5.69 Å². The molecular formula is C21H26N4O2. The molecule has 0 spiro atoms. The van der Waals surface area contributed by atoms with Crippen LogP contribution in [0.1, 0.15) is 18.1 Å². The Bertz CT molecular complexity index is 832. The second-order valence-corrected chi connectivity index (χ2v) is 6.61. The standard InChI is InChI=1S/C21H26N4O2/c1-3-27-19-11-7-5-9-17(19)21(22-2)16-8-4-6-10-18(16)23-20(24-21)25-12-14-26-15-13-25/h4-11,22H,3,12-15H2,1-2H3,(H,23,24). The molecule has 0 amide bonds. The van der Waals surface area contributed by atoms with Crippen molar-refractivity contribution in [2.75, 3.05) is 40.0 Å². The third kappa shape index (κ3) is 3.15. The van der Waals surface area contributed by atoms with E-state index in [0.717, 1.165) is 41.6 Å². The Kier molecular flexibility index (Phi) is 5.01. The van der Waals surface area contributed by atoms with E-state index < -0.39 is 5.66 Å². The van der Waals surface area contributed by atoms with E-state index in [1.165, 1.54) is 0 Å². The molecule has 1 atom stereocenters. The number of guanidine groups is 1. The van der Waals surface area contributed by atoms with E-state index in [1.807, 2.05) is 44.3 Å². The average molecular weight is 366 g/mol. The van der Waals surface area contributed by atoms with E-state index in [1.54, 1.807) is 0 Å². The molecule has 142 valence electrons. The van der Waals surface area contributed by atoms with Crippen LogP contribution in [0.3, 0.4) is 0 Å². The summed E-state index contributed by atoms with van der Waals surface area (Å²) >= 11 is 0. The third-order valence-electron chi connectivity index (χ3n) is 5.11. The summed E-state index contributed by atoms with van der Waals surface area (Å²) in [5.74, 6) is 1.72. The highest BCUT2D eigenvalue weighted by atomic mass is 16.5. The molecule has 1 saturated heterocycles. The molecule has 0 bridgehead atoms. The maximum Gasteiger partial charge on any atom is 0.201 e. The first-order valence-electron chi connectivity index (χ1n) is 9.49. The van der Waals surface area contributed by atoms with E-state index in [4.69, 9.17) is 14.5 Å². The minimum absolute atomic E-state index is 0.614. The van der Waals surface area contributed by atoms with Crippen molar-refractivity contribution in [3.8, 4) is 5.75 Å². The number of benzene rings is 2. The summed E-state index contributed by atoms with van der Waals surface area (Å²) in [5, 5.41) is 7.21. The van der Waals surface area contributed by atoms with Gasteiger partial charge in [-0.25, -0.2) is 4.99 Å². The highest BCUT2D eigenvalue weighted by Gasteiger charge is 2.41. The predicted molar refractivity (Wildman–Crippen MR) is 107 cm³/mol. The monoisotopic (exact) mass is 366 g/mol. The molecule has 6 nitrogen and oxygen atoms in total. The number of morpholine rings is 1. The molecule has 2 heterocycles. The van der Waals surface area contributed by atoms with Crippen molar-refractivity contribution in [1.29, 1.82) is 0 Å². The molecule has 1 unspecified atom stereocenters. The van der Waals surface area contributed by atoms with Crippen molar-refractivity contribution in [3.05, 3.63) is 59.7 Å². The number of aliphatic imine (C=N–C) groups is 1. The molecule has 1 fully saturated rings. The van der Waals surface area contributed by atoms with Gasteiger partial charge in [0.1, 0.15) is 11.4 Å². The molecule has 0 radical (unpaired) electrons. The number of hydrogen-bond acceptors (Lipinski definition) is 6. The maximum atomic E-state index is 5.96. The second-order valence-electron chi connectivity index (χ2n) is 6.61.